The van der Waals surface area contributed by atoms with E-state index in [2.05, 4.69) is 48.3 Å². The molecule has 2 fully saturated rings. The Morgan fingerprint density at radius 1 is 1.25 bits per heavy atom. The summed E-state index contributed by atoms with van der Waals surface area (Å²) in [7, 11) is 0. The average molecular weight is 272 g/mol. The standard InChI is InChI=1S/C18H28N2/c1-14-5-3-4-6-17(14)11-15(2)19-12-16-9-10-20(13-16)18-7-8-18/h3-6,15-16,18-19H,7-13H2,1-2H3/t15-,16-/m1/s1. The third-order valence-corrected chi connectivity index (χ3v) is 4.92. The van der Waals surface area contributed by atoms with E-state index in [0.717, 1.165) is 18.4 Å². The summed E-state index contributed by atoms with van der Waals surface area (Å²) in [6.07, 6.45) is 5.43. The van der Waals surface area contributed by atoms with Gasteiger partial charge in [0.2, 0.25) is 0 Å². The SMILES string of the molecule is Cc1ccccc1C[C@@H](C)NC[C@H]1CCN(C2CC2)C1. The molecule has 0 bridgehead atoms. The molecule has 1 saturated carbocycles. The van der Waals surface area contributed by atoms with Gasteiger partial charge in [0.15, 0.2) is 0 Å². The highest BCUT2D eigenvalue weighted by Crippen LogP contribution is 2.31. The lowest BCUT2D eigenvalue weighted by atomic mass is 10.0. The fraction of sp³-hybridized carbons (Fsp3) is 0.667. The molecule has 1 aromatic rings. The van der Waals surface area contributed by atoms with Crippen molar-refractivity contribution in [2.24, 2.45) is 5.92 Å². The van der Waals surface area contributed by atoms with E-state index in [1.807, 2.05) is 0 Å². The van der Waals surface area contributed by atoms with Crippen LogP contribution < -0.4 is 5.32 Å². The maximum Gasteiger partial charge on any atom is 0.00965 e. The largest absolute Gasteiger partial charge is 0.314 e. The second kappa shape index (κ2) is 6.28. The van der Waals surface area contributed by atoms with Gasteiger partial charge in [-0.25, -0.2) is 0 Å². The second-order valence-corrected chi connectivity index (χ2v) is 6.82. The molecule has 1 N–H and O–H groups in total. The van der Waals surface area contributed by atoms with Crippen molar-refractivity contribution in [3.63, 3.8) is 0 Å². The normalized spacial score (nSPS) is 25.0. The summed E-state index contributed by atoms with van der Waals surface area (Å²) in [6.45, 7) is 8.39. The molecule has 110 valence electrons. The molecule has 1 heterocycles. The van der Waals surface area contributed by atoms with Crippen LogP contribution in [0.25, 0.3) is 0 Å². The van der Waals surface area contributed by atoms with Crippen molar-refractivity contribution in [3.05, 3.63) is 35.4 Å². The summed E-state index contributed by atoms with van der Waals surface area (Å²) >= 11 is 0. The predicted octanol–water partition coefficient (Wildman–Crippen LogP) is 3.00. The number of benzene rings is 1. The van der Waals surface area contributed by atoms with E-state index >= 15 is 0 Å². The zero-order valence-corrected chi connectivity index (χ0v) is 12.9. The van der Waals surface area contributed by atoms with Crippen LogP contribution in [0.3, 0.4) is 0 Å². The van der Waals surface area contributed by atoms with Crippen LogP contribution in [0.5, 0.6) is 0 Å². The Bertz CT molecular complexity index is 439. The quantitative estimate of drug-likeness (QED) is 0.856. The Kier molecular flexibility index (Phi) is 4.42. The summed E-state index contributed by atoms with van der Waals surface area (Å²) in [5, 5.41) is 3.75. The highest BCUT2D eigenvalue weighted by atomic mass is 15.2. The minimum atomic E-state index is 0.575. The van der Waals surface area contributed by atoms with E-state index in [4.69, 9.17) is 0 Å². The maximum absolute atomic E-state index is 3.75. The van der Waals surface area contributed by atoms with Gasteiger partial charge < -0.3 is 10.2 Å². The first-order valence-electron chi connectivity index (χ1n) is 8.24. The third-order valence-electron chi connectivity index (χ3n) is 4.92. The van der Waals surface area contributed by atoms with E-state index in [0.29, 0.717) is 6.04 Å². The van der Waals surface area contributed by atoms with Crippen molar-refractivity contribution in [1.29, 1.82) is 0 Å². The number of hydrogen-bond acceptors (Lipinski definition) is 2. The van der Waals surface area contributed by atoms with Crippen LogP contribution in [0.15, 0.2) is 24.3 Å². The monoisotopic (exact) mass is 272 g/mol. The van der Waals surface area contributed by atoms with Crippen molar-refractivity contribution in [1.82, 2.24) is 10.2 Å². The summed E-state index contributed by atoms with van der Waals surface area (Å²) in [4.78, 5) is 2.71. The van der Waals surface area contributed by atoms with Gasteiger partial charge in [-0.15, -0.1) is 0 Å². The van der Waals surface area contributed by atoms with Crippen LogP contribution >= 0.6 is 0 Å². The molecule has 1 aliphatic carbocycles. The fourth-order valence-corrected chi connectivity index (χ4v) is 3.41. The van der Waals surface area contributed by atoms with Crippen molar-refractivity contribution in [2.75, 3.05) is 19.6 Å². The maximum atomic E-state index is 3.75. The number of nitrogens with one attached hydrogen (secondary N) is 1. The van der Waals surface area contributed by atoms with E-state index in [1.165, 1.54) is 50.0 Å². The molecule has 0 amide bonds. The lowest BCUT2D eigenvalue weighted by Gasteiger charge is -2.19. The van der Waals surface area contributed by atoms with Crippen molar-refractivity contribution in [3.8, 4) is 0 Å². The van der Waals surface area contributed by atoms with Crippen molar-refractivity contribution in [2.45, 2.75) is 51.6 Å². The molecule has 2 nitrogen and oxygen atoms in total. The molecule has 2 aliphatic rings. The van der Waals surface area contributed by atoms with Gasteiger partial charge in [0.25, 0.3) is 0 Å². The Morgan fingerprint density at radius 2 is 2.05 bits per heavy atom. The van der Waals surface area contributed by atoms with Gasteiger partial charge in [0.05, 0.1) is 0 Å². The minimum absolute atomic E-state index is 0.575. The molecular formula is C18H28N2. The van der Waals surface area contributed by atoms with Crippen LogP contribution in [-0.2, 0) is 6.42 Å². The molecule has 0 radical (unpaired) electrons. The summed E-state index contributed by atoms with van der Waals surface area (Å²) < 4.78 is 0. The Balaban J connectivity index is 1.41. The number of likely N-dealkylation sites (tertiary alicyclic amines) is 1. The van der Waals surface area contributed by atoms with Gasteiger partial charge in [0.1, 0.15) is 0 Å². The molecule has 1 aliphatic heterocycles. The van der Waals surface area contributed by atoms with Crippen LogP contribution in [0.2, 0.25) is 0 Å². The number of rotatable bonds is 6. The lowest BCUT2D eigenvalue weighted by molar-refractivity contribution is 0.309. The molecule has 2 heteroatoms. The summed E-state index contributed by atoms with van der Waals surface area (Å²) in [5.74, 6) is 0.870. The van der Waals surface area contributed by atoms with Gasteiger partial charge >= 0.3 is 0 Å². The lowest BCUT2D eigenvalue weighted by Crippen LogP contribution is -2.34. The highest BCUT2D eigenvalue weighted by Gasteiger charge is 2.34. The number of nitrogens with zero attached hydrogens (tertiary/aromatic N) is 1. The van der Waals surface area contributed by atoms with Gasteiger partial charge in [0, 0.05) is 18.6 Å². The zero-order valence-electron chi connectivity index (χ0n) is 12.9. The molecule has 1 saturated heterocycles. The van der Waals surface area contributed by atoms with Crippen molar-refractivity contribution < 1.29 is 0 Å². The molecule has 1 aromatic carbocycles. The van der Waals surface area contributed by atoms with Gasteiger partial charge in [-0.1, -0.05) is 24.3 Å². The summed E-state index contributed by atoms with van der Waals surface area (Å²) in [6, 6.07) is 10.3. The summed E-state index contributed by atoms with van der Waals surface area (Å²) in [5.41, 5.74) is 2.90. The van der Waals surface area contributed by atoms with Crippen LogP contribution in [0.4, 0.5) is 0 Å². The molecule has 2 atom stereocenters. The second-order valence-electron chi connectivity index (χ2n) is 6.82. The number of aryl methyl sites for hydroxylation is 1. The molecule has 0 unspecified atom stereocenters. The van der Waals surface area contributed by atoms with Crippen LogP contribution in [0.1, 0.15) is 37.3 Å². The Labute approximate surface area is 123 Å². The number of hydrogen-bond donors (Lipinski definition) is 1. The average Bonchev–Trinajstić information content (AvgIpc) is 3.18. The Morgan fingerprint density at radius 3 is 2.80 bits per heavy atom. The molecule has 3 rings (SSSR count). The fourth-order valence-electron chi connectivity index (χ4n) is 3.41. The molecule has 0 aromatic heterocycles. The van der Waals surface area contributed by atoms with Gasteiger partial charge in [-0.3, -0.25) is 0 Å². The third kappa shape index (κ3) is 3.62. The topological polar surface area (TPSA) is 15.3 Å². The molecular weight excluding hydrogens is 244 g/mol. The van der Waals surface area contributed by atoms with Crippen LogP contribution in [0, 0.1) is 12.8 Å². The smallest absolute Gasteiger partial charge is 0.00965 e. The predicted molar refractivity (Wildman–Crippen MR) is 85.0 cm³/mol. The van der Waals surface area contributed by atoms with E-state index < -0.39 is 0 Å². The van der Waals surface area contributed by atoms with E-state index in [-0.39, 0.29) is 0 Å². The zero-order chi connectivity index (χ0) is 13.9. The highest BCUT2D eigenvalue weighted by molar-refractivity contribution is 5.26. The van der Waals surface area contributed by atoms with Gasteiger partial charge in [-0.2, -0.15) is 0 Å². The van der Waals surface area contributed by atoms with Crippen LogP contribution in [-0.4, -0.2) is 36.6 Å². The molecule has 0 spiro atoms. The first-order valence-corrected chi connectivity index (χ1v) is 8.24. The molecule has 20 heavy (non-hydrogen) atoms. The minimum Gasteiger partial charge on any atom is -0.314 e. The first-order chi connectivity index (χ1) is 9.72. The first kappa shape index (κ1) is 14.1. The Hall–Kier alpha value is -0.860. The van der Waals surface area contributed by atoms with E-state index in [1.54, 1.807) is 0 Å². The van der Waals surface area contributed by atoms with E-state index in [9.17, 15) is 0 Å². The van der Waals surface area contributed by atoms with Crippen molar-refractivity contribution >= 4 is 0 Å². The van der Waals surface area contributed by atoms with Gasteiger partial charge in [-0.05, 0) is 69.7 Å².